The highest BCUT2D eigenvalue weighted by atomic mass is 35.5. The summed E-state index contributed by atoms with van der Waals surface area (Å²) in [7, 11) is 0. The number of hydrogen-bond donors (Lipinski definition) is 2. The Labute approximate surface area is 120 Å². The van der Waals surface area contributed by atoms with E-state index in [9.17, 15) is 9.90 Å². The zero-order chi connectivity index (χ0) is 13.9. The predicted octanol–water partition coefficient (Wildman–Crippen LogP) is 2.43. The van der Waals surface area contributed by atoms with Crippen molar-refractivity contribution in [2.45, 2.75) is 12.5 Å². The van der Waals surface area contributed by atoms with Crippen molar-refractivity contribution in [1.82, 2.24) is 10.3 Å². The lowest BCUT2D eigenvalue weighted by Crippen LogP contribution is -2.38. The Balaban J connectivity index is 2.06. The van der Waals surface area contributed by atoms with E-state index in [0.29, 0.717) is 16.3 Å². The van der Waals surface area contributed by atoms with Gasteiger partial charge in [-0.25, -0.2) is 4.98 Å². The molecule has 1 atom stereocenters. The van der Waals surface area contributed by atoms with Gasteiger partial charge in [-0.05, 0) is 13.0 Å². The fourth-order valence-corrected chi connectivity index (χ4v) is 2.53. The summed E-state index contributed by atoms with van der Waals surface area (Å²) >= 11 is 7.38. The number of nitrogens with one attached hydrogen (secondary N) is 1. The van der Waals surface area contributed by atoms with Gasteiger partial charge < -0.3 is 10.4 Å². The minimum absolute atomic E-state index is 0.0626. The molecule has 0 radical (unpaired) electrons. The van der Waals surface area contributed by atoms with Gasteiger partial charge in [0, 0.05) is 16.0 Å². The Morgan fingerprint density at radius 3 is 2.89 bits per heavy atom. The number of aliphatic hydroxyl groups is 1. The molecule has 0 aliphatic carbocycles. The topological polar surface area (TPSA) is 62.2 Å². The highest BCUT2D eigenvalue weighted by Gasteiger charge is 2.26. The molecule has 2 rings (SSSR count). The molecule has 4 nitrogen and oxygen atoms in total. The maximum atomic E-state index is 11.8. The third kappa shape index (κ3) is 3.32. The van der Waals surface area contributed by atoms with Gasteiger partial charge in [0.2, 0.25) is 0 Å². The Bertz CT molecular complexity index is 570. The van der Waals surface area contributed by atoms with Gasteiger partial charge in [0.25, 0.3) is 5.91 Å². The molecule has 100 valence electrons. The van der Waals surface area contributed by atoms with Crippen molar-refractivity contribution >= 4 is 28.8 Å². The summed E-state index contributed by atoms with van der Waals surface area (Å²) in [6.45, 7) is 1.67. The van der Waals surface area contributed by atoms with Crippen LogP contribution < -0.4 is 5.32 Å². The molecule has 2 aromatic rings. The van der Waals surface area contributed by atoms with Crippen LogP contribution >= 0.6 is 22.9 Å². The first kappa shape index (κ1) is 14.0. The van der Waals surface area contributed by atoms with E-state index in [-0.39, 0.29) is 12.5 Å². The largest absolute Gasteiger partial charge is 0.384 e. The minimum Gasteiger partial charge on any atom is -0.384 e. The summed E-state index contributed by atoms with van der Waals surface area (Å²) in [5.74, 6) is -0.312. The molecule has 1 unspecified atom stereocenters. The number of amides is 1. The molecule has 0 spiro atoms. The van der Waals surface area contributed by atoms with E-state index in [1.165, 1.54) is 11.3 Å². The summed E-state index contributed by atoms with van der Waals surface area (Å²) in [6.07, 6.45) is 0. The maximum Gasteiger partial charge on any atom is 0.270 e. The number of hydrogen-bond acceptors (Lipinski definition) is 4. The third-order valence-electron chi connectivity index (χ3n) is 2.71. The van der Waals surface area contributed by atoms with Crippen molar-refractivity contribution in [3.8, 4) is 0 Å². The summed E-state index contributed by atoms with van der Waals surface area (Å²) < 4.78 is 0. The van der Waals surface area contributed by atoms with Crippen molar-refractivity contribution in [2.24, 2.45) is 0 Å². The first-order valence-corrected chi connectivity index (χ1v) is 6.96. The van der Waals surface area contributed by atoms with Crippen molar-refractivity contribution in [1.29, 1.82) is 0 Å². The number of aromatic nitrogens is 1. The summed E-state index contributed by atoms with van der Waals surface area (Å²) in [4.78, 5) is 15.7. The van der Waals surface area contributed by atoms with Crippen LogP contribution in [-0.2, 0) is 5.60 Å². The van der Waals surface area contributed by atoms with Gasteiger partial charge in [-0.15, -0.1) is 11.3 Å². The van der Waals surface area contributed by atoms with Crippen molar-refractivity contribution in [2.75, 3.05) is 6.54 Å². The van der Waals surface area contributed by atoms with Crippen LogP contribution in [0, 0.1) is 0 Å². The molecule has 0 aliphatic rings. The zero-order valence-corrected chi connectivity index (χ0v) is 11.8. The second kappa shape index (κ2) is 5.69. The maximum absolute atomic E-state index is 11.8. The predicted molar refractivity (Wildman–Crippen MR) is 75.5 cm³/mol. The molecule has 0 saturated carbocycles. The number of carbonyl (C=O) groups excluding carboxylic acids is 1. The van der Waals surface area contributed by atoms with Crippen molar-refractivity contribution in [3.05, 3.63) is 51.4 Å². The molecule has 0 fully saturated rings. The second-order valence-electron chi connectivity index (χ2n) is 4.31. The standard InChI is InChI=1S/C13H13ClN2O2S/c1-13(18,9-4-2-3-5-10(9)14)7-15-12(17)11-6-19-8-16-11/h2-6,8,18H,7H2,1H3,(H,15,17). The number of benzene rings is 1. The fourth-order valence-electron chi connectivity index (χ4n) is 1.66. The lowest BCUT2D eigenvalue weighted by atomic mass is 9.96. The number of carbonyl (C=O) groups is 1. The van der Waals surface area contributed by atoms with E-state index in [1.807, 2.05) is 0 Å². The molecule has 1 heterocycles. The van der Waals surface area contributed by atoms with Crippen LogP contribution in [0.5, 0.6) is 0 Å². The van der Waals surface area contributed by atoms with Gasteiger partial charge in [-0.2, -0.15) is 0 Å². The Kier molecular flexibility index (Phi) is 4.19. The SMILES string of the molecule is CC(O)(CNC(=O)c1cscn1)c1ccccc1Cl. The normalized spacial score (nSPS) is 13.8. The molecular weight excluding hydrogens is 284 g/mol. The monoisotopic (exact) mass is 296 g/mol. The lowest BCUT2D eigenvalue weighted by molar-refractivity contribution is 0.0526. The Morgan fingerprint density at radius 2 is 2.26 bits per heavy atom. The number of halogens is 1. The van der Waals surface area contributed by atoms with Crippen LogP contribution in [0.15, 0.2) is 35.2 Å². The van der Waals surface area contributed by atoms with Crippen molar-refractivity contribution < 1.29 is 9.90 Å². The molecule has 1 amide bonds. The number of rotatable bonds is 4. The van der Waals surface area contributed by atoms with E-state index in [4.69, 9.17) is 11.6 Å². The highest BCUT2D eigenvalue weighted by Crippen LogP contribution is 2.27. The smallest absolute Gasteiger partial charge is 0.270 e. The first-order chi connectivity index (χ1) is 9.00. The summed E-state index contributed by atoms with van der Waals surface area (Å²) in [5, 5.41) is 15.2. The molecule has 19 heavy (non-hydrogen) atoms. The van der Waals surface area contributed by atoms with Crippen LogP contribution in [0.25, 0.3) is 0 Å². The average molecular weight is 297 g/mol. The lowest BCUT2D eigenvalue weighted by Gasteiger charge is -2.25. The molecule has 0 saturated heterocycles. The molecular formula is C13H13ClN2O2S. The first-order valence-electron chi connectivity index (χ1n) is 5.64. The Hall–Kier alpha value is -1.43. The van der Waals surface area contributed by atoms with Gasteiger partial charge in [-0.1, -0.05) is 29.8 Å². The fraction of sp³-hybridized carbons (Fsp3) is 0.231. The third-order valence-corrected chi connectivity index (χ3v) is 3.63. The summed E-state index contributed by atoms with van der Waals surface area (Å²) in [5.41, 5.74) is 1.28. The van der Waals surface area contributed by atoms with Crippen LogP contribution in [0.4, 0.5) is 0 Å². The molecule has 1 aromatic carbocycles. The number of nitrogens with zero attached hydrogens (tertiary/aromatic N) is 1. The van der Waals surface area contributed by atoms with Crippen LogP contribution in [0.1, 0.15) is 23.0 Å². The average Bonchev–Trinajstić information content (AvgIpc) is 2.90. The molecule has 0 bridgehead atoms. The van der Waals surface area contributed by atoms with Gasteiger partial charge in [0.05, 0.1) is 12.1 Å². The van der Waals surface area contributed by atoms with Crippen molar-refractivity contribution in [3.63, 3.8) is 0 Å². The highest BCUT2D eigenvalue weighted by molar-refractivity contribution is 7.07. The van der Waals surface area contributed by atoms with Gasteiger partial charge in [-0.3, -0.25) is 4.79 Å². The molecule has 2 N–H and O–H groups in total. The molecule has 6 heteroatoms. The summed E-state index contributed by atoms with van der Waals surface area (Å²) in [6, 6.07) is 7.01. The minimum atomic E-state index is -1.23. The van der Waals surface area contributed by atoms with Crippen LogP contribution in [0.3, 0.4) is 0 Å². The zero-order valence-electron chi connectivity index (χ0n) is 10.3. The van der Waals surface area contributed by atoms with E-state index in [2.05, 4.69) is 10.3 Å². The quantitative estimate of drug-likeness (QED) is 0.911. The Morgan fingerprint density at radius 1 is 1.53 bits per heavy atom. The van der Waals surface area contributed by atoms with E-state index in [0.717, 1.165) is 0 Å². The molecule has 1 aromatic heterocycles. The van der Waals surface area contributed by atoms with E-state index >= 15 is 0 Å². The van der Waals surface area contributed by atoms with Gasteiger partial charge in [0.1, 0.15) is 11.3 Å². The second-order valence-corrected chi connectivity index (χ2v) is 5.44. The van der Waals surface area contributed by atoms with Gasteiger partial charge in [0.15, 0.2) is 0 Å². The van der Waals surface area contributed by atoms with E-state index < -0.39 is 5.60 Å². The van der Waals surface area contributed by atoms with Crippen LogP contribution in [-0.4, -0.2) is 22.5 Å². The number of thiazole rings is 1. The molecule has 0 aliphatic heterocycles. The van der Waals surface area contributed by atoms with Crippen LogP contribution in [0.2, 0.25) is 5.02 Å². The van der Waals surface area contributed by atoms with Gasteiger partial charge >= 0.3 is 0 Å². The van der Waals surface area contributed by atoms with E-state index in [1.54, 1.807) is 42.1 Å².